The first kappa shape index (κ1) is 13.9. The lowest BCUT2D eigenvalue weighted by molar-refractivity contribution is -0.139. The number of carbonyl (C=O) groups excluding carboxylic acids is 1. The van der Waals surface area contributed by atoms with Gasteiger partial charge in [-0.1, -0.05) is 18.9 Å². The molecule has 0 bridgehead atoms. The van der Waals surface area contributed by atoms with Crippen molar-refractivity contribution in [2.75, 3.05) is 6.54 Å². The summed E-state index contributed by atoms with van der Waals surface area (Å²) in [6.07, 6.45) is 7.50. The molecule has 0 aromatic heterocycles. The Labute approximate surface area is 113 Å². The van der Waals surface area contributed by atoms with Gasteiger partial charge in [-0.3, -0.25) is 0 Å². The number of carbonyl (C=O) groups is 2. The van der Waals surface area contributed by atoms with E-state index in [2.05, 4.69) is 11.9 Å². The van der Waals surface area contributed by atoms with Crippen molar-refractivity contribution >= 4 is 12.0 Å². The molecule has 5 heteroatoms. The molecule has 2 rings (SSSR count). The topological polar surface area (TPSA) is 69.6 Å². The Morgan fingerprint density at radius 3 is 2.79 bits per heavy atom. The van der Waals surface area contributed by atoms with Crippen molar-refractivity contribution in [3.05, 3.63) is 12.7 Å². The summed E-state index contributed by atoms with van der Waals surface area (Å²) in [5.41, 5.74) is 0. The minimum Gasteiger partial charge on any atom is -0.480 e. The largest absolute Gasteiger partial charge is 0.480 e. The molecule has 0 aromatic rings. The maximum atomic E-state index is 12.2. The predicted octanol–water partition coefficient (Wildman–Crippen LogP) is 1.99. The number of likely N-dealkylation sites (tertiary alicyclic amines) is 1. The number of rotatable bonds is 4. The third-order valence-electron chi connectivity index (χ3n) is 4.27. The summed E-state index contributed by atoms with van der Waals surface area (Å²) in [7, 11) is 0. The van der Waals surface area contributed by atoms with E-state index in [4.69, 9.17) is 5.11 Å². The van der Waals surface area contributed by atoms with Crippen LogP contribution < -0.4 is 5.32 Å². The average molecular weight is 266 g/mol. The Hall–Kier alpha value is -1.52. The number of urea groups is 1. The molecule has 106 valence electrons. The summed E-state index contributed by atoms with van der Waals surface area (Å²) in [4.78, 5) is 25.1. The van der Waals surface area contributed by atoms with Crippen LogP contribution in [0.25, 0.3) is 0 Å². The Kier molecular flexibility index (Phi) is 4.45. The fourth-order valence-electron chi connectivity index (χ4n) is 3.28. The highest BCUT2D eigenvalue weighted by Gasteiger charge is 2.38. The number of hydrogen-bond acceptors (Lipinski definition) is 2. The Balaban J connectivity index is 1.95. The standard InChI is InChI=1S/C14H22N2O3/c1-2-5-11(13(17)18)15-14(19)16-9-8-10-6-3-4-7-12(10)16/h2,10-12H,1,3-9H2,(H,15,19)(H,17,18). The van der Waals surface area contributed by atoms with Gasteiger partial charge in [-0.25, -0.2) is 9.59 Å². The van der Waals surface area contributed by atoms with Gasteiger partial charge in [0.15, 0.2) is 0 Å². The van der Waals surface area contributed by atoms with Crippen molar-refractivity contribution in [2.45, 2.75) is 50.6 Å². The van der Waals surface area contributed by atoms with Crippen LogP contribution in [-0.4, -0.2) is 40.6 Å². The van der Waals surface area contributed by atoms with Gasteiger partial charge in [0.05, 0.1) is 0 Å². The zero-order valence-electron chi connectivity index (χ0n) is 11.2. The lowest BCUT2D eigenvalue weighted by Gasteiger charge is -2.32. The molecule has 3 unspecified atom stereocenters. The summed E-state index contributed by atoms with van der Waals surface area (Å²) < 4.78 is 0. The lowest BCUT2D eigenvalue weighted by atomic mass is 9.85. The van der Waals surface area contributed by atoms with Crippen molar-refractivity contribution in [3.8, 4) is 0 Å². The van der Waals surface area contributed by atoms with Crippen LogP contribution in [0.2, 0.25) is 0 Å². The van der Waals surface area contributed by atoms with E-state index >= 15 is 0 Å². The van der Waals surface area contributed by atoms with Gasteiger partial charge < -0.3 is 15.3 Å². The zero-order chi connectivity index (χ0) is 13.8. The minimum atomic E-state index is -1.01. The number of nitrogens with zero attached hydrogens (tertiary/aromatic N) is 1. The predicted molar refractivity (Wildman–Crippen MR) is 71.8 cm³/mol. The second-order valence-corrected chi connectivity index (χ2v) is 5.46. The maximum Gasteiger partial charge on any atom is 0.326 e. The van der Waals surface area contributed by atoms with Gasteiger partial charge in [0.25, 0.3) is 0 Å². The molecule has 2 fully saturated rings. The van der Waals surface area contributed by atoms with Crippen LogP contribution in [0, 0.1) is 5.92 Å². The van der Waals surface area contributed by atoms with E-state index in [-0.39, 0.29) is 12.5 Å². The number of carboxylic acid groups (broad SMARTS) is 1. The molecule has 1 aliphatic carbocycles. The first-order valence-electron chi connectivity index (χ1n) is 7.04. The number of amides is 2. The molecule has 0 spiro atoms. The fourth-order valence-corrected chi connectivity index (χ4v) is 3.28. The van der Waals surface area contributed by atoms with E-state index in [0.29, 0.717) is 12.0 Å². The molecule has 2 aliphatic rings. The first-order chi connectivity index (χ1) is 9.13. The van der Waals surface area contributed by atoms with Gasteiger partial charge in [-0.15, -0.1) is 6.58 Å². The first-order valence-corrected chi connectivity index (χ1v) is 7.04. The molecule has 3 atom stereocenters. The van der Waals surface area contributed by atoms with E-state index in [1.807, 2.05) is 4.90 Å². The molecule has 2 N–H and O–H groups in total. The van der Waals surface area contributed by atoms with Gasteiger partial charge >= 0.3 is 12.0 Å². The van der Waals surface area contributed by atoms with Crippen LogP contribution in [0.15, 0.2) is 12.7 Å². The van der Waals surface area contributed by atoms with Crippen LogP contribution in [0.5, 0.6) is 0 Å². The number of fused-ring (bicyclic) bond motifs is 1. The van der Waals surface area contributed by atoms with Crippen molar-refractivity contribution in [1.29, 1.82) is 0 Å². The zero-order valence-corrected chi connectivity index (χ0v) is 11.2. The molecule has 2 amide bonds. The molecule has 1 aliphatic heterocycles. The smallest absolute Gasteiger partial charge is 0.326 e. The van der Waals surface area contributed by atoms with Gasteiger partial charge in [-0.2, -0.15) is 0 Å². The number of carboxylic acids is 1. The lowest BCUT2D eigenvalue weighted by Crippen LogP contribution is -2.50. The molecule has 5 nitrogen and oxygen atoms in total. The summed E-state index contributed by atoms with van der Waals surface area (Å²) >= 11 is 0. The SMILES string of the molecule is C=CCC(NC(=O)N1CCC2CCCCC21)C(=O)O. The van der Waals surface area contributed by atoms with Crippen molar-refractivity contribution in [3.63, 3.8) is 0 Å². The summed E-state index contributed by atoms with van der Waals surface area (Å²) in [6.45, 7) is 4.28. The number of aliphatic carboxylic acids is 1. The maximum absolute atomic E-state index is 12.2. The van der Waals surface area contributed by atoms with Crippen LogP contribution in [0.4, 0.5) is 4.79 Å². The van der Waals surface area contributed by atoms with E-state index in [9.17, 15) is 9.59 Å². The third kappa shape index (κ3) is 3.08. The minimum absolute atomic E-state index is 0.233. The van der Waals surface area contributed by atoms with Gasteiger partial charge in [-0.05, 0) is 31.6 Å². The second kappa shape index (κ2) is 6.08. The van der Waals surface area contributed by atoms with Gasteiger partial charge in [0.1, 0.15) is 6.04 Å². The van der Waals surface area contributed by atoms with Gasteiger partial charge in [0.2, 0.25) is 0 Å². The summed E-state index contributed by atoms with van der Waals surface area (Å²) in [6, 6.07) is -0.789. The van der Waals surface area contributed by atoms with Crippen LogP contribution in [0.1, 0.15) is 38.5 Å². The highest BCUT2D eigenvalue weighted by atomic mass is 16.4. The fraction of sp³-hybridized carbons (Fsp3) is 0.714. The van der Waals surface area contributed by atoms with Crippen LogP contribution in [0.3, 0.4) is 0 Å². The Bertz CT molecular complexity index is 370. The number of hydrogen-bond donors (Lipinski definition) is 2. The average Bonchev–Trinajstić information content (AvgIpc) is 2.81. The quantitative estimate of drug-likeness (QED) is 0.764. The van der Waals surface area contributed by atoms with Gasteiger partial charge in [0, 0.05) is 12.6 Å². The number of nitrogens with one attached hydrogen (secondary N) is 1. The van der Waals surface area contributed by atoms with Crippen molar-refractivity contribution < 1.29 is 14.7 Å². The van der Waals surface area contributed by atoms with Crippen molar-refractivity contribution in [1.82, 2.24) is 10.2 Å². The normalized spacial score (nSPS) is 27.5. The van der Waals surface area contributed by atoms with E-state index in [0.717, 1.165) is 19.4 Å². The van der Waals surface area contributed by atoms with Crippen molar-refractivity contribution in [2.24, 2.45) is 5.92 Å². The van der Waals surface area contributed by atoms with Crippen LogP contribution in [-0.2, 0) is 4.79 Å². The molecule has 0 radical (unpaired) electrons. The second-order valence-electron chi connectivity index (χ2n) is 5.46. The molecule has 1 heterocycles. The highest BCUT2D eigenvalue weighted by molar-refractivity contribution is 5.83. The van der Waals surface area contributed by atoms with E-state index < -0.39 is 12.0 Å². The molecular weight excluding hydrogens is 244 g/mol. The highest BCUT2D eigenvalue weighted by Crippen LogP contribution is 2.36. The molecule has 1 saturated carbocycles. The Morgan fingerprint density at radius 2 is 2.11 bits per heavy atom. The molecule has 1 saturated heterocycles. The van der Waals surface area contributed by atoms with E-state index in [1.54, 1.807) is 0 Å². The molecular formula is C14H22N2O3. The third-order valence-corrected chi connectivity index (χ3v) is 4.27. The summed E-state index contributed by atoms with van der Waals surface area (Å²) in [5, 5.41) is 11.7. The molecule has 19 heavy (non-hydrogen) atoms. The summed E-state index contributed by atoms with van der Waals surface area (Å²) in [5.74, 6) is -0.394. The van der Waals surface area contributed by atoms with Crippen LogP contribution >= 0.6 is 0 Å². The monoisotopic (exact) mass is 266 g/mol. The molecule has 0 aromatic carbocycles. The Morgan fingerprint density at radius 1 is 1.37 bits per heavy atom. The van der Waals surface area contributed by atoms with E-state index in [1.165, 1.54) is 25.3 Å².